The van der Waals surface area contributed by atoms with Gasteiger partial charge in [0.1, 0.15) is 5.75 Å². The standard InChI is InChI=1S/C15H23NO3/c1-16(14(11-18)6-7-17)10-12-4-5-15-13(9-12)3-2-8-19-15/h4-5,9,14,17-18H,2-3,6-8,10-11H2,1H3. The molecule has 19 heavy (non-hydrogen) atoms. The van der Waals surface area contributed by atoms with Gasteiger partial charge in [0, 0.05) is 19.2 Å². The number of hydrogen-bond donors (Lipinski definition) is 2. The molecule has 1 aromatic carbocycles. The SMILES string of the molecule is CN(Cc1ccc2c(c1)CCCO2)C(CO)CCO. The summed E-state index contributed by atoms with van der Waals surface area (Å²) in [7, 11) is 1.98. The third-order valence-corrected chi connectivity index (χ3v) is 3.70. The average molecular weight is 265 g/mol. The Morgan fingerprint density at radius 1 is 1.37 bits per heavy atom. The molecule has 1 aliphatic rings. The van der Waals surface area contributed by atoms with E-state index in [-0.39, 0.29) is 19.3 Å². The monoisotopic (exact) mass is 265 g/mol. The van der Waals surface area contributed by atoms with Gasteiger partial charge in [0.25, 0.3) is 0 Å². The van der Waals surface area contributed by atoms with Gasteiger partial charge in [0.2, 0.25) is 0 Å². The molecule has 2 N–H and O–H groups in total. The Kier molecular flexibility index (Phi) is 5.19. The van der Waals surface area contributed by atoms with Gasteiger partial charge in [-0.15, -0.1) is 0 Å². The summed E-state index contributed by atoms with van der Waals surface area (Å²) in [5.74, 6) is 1.01. The second-order valence-electron chi connectivity index (χ2n) is 5.16. The molecular weight excluding hydrogens is 242 g/mol. The summed E-state index contributed by atoms with van der Waals surface area (Å²) in [6, 6.07) is 6.32. The highest BCUT2D eigenvalue weighted by molar-refractivity contribution is 5.38. The van der Waals surface area contributed by atoms with Crippen molar-refractivity contribution >= 4 is 0 Å². The first-order chi connectivity index (χ1) is 9.24. The molecule has 1 atom stereocenters. The molecule has 4 heteroatoms. The van der Waals surface area contributed by atoms with Gasteiger partial charge in [0.15, 0.2) is 0 Å². The number of rotatable bonds is 6. The number of benzene rings is 1. The van der Waals surface area contributed by atoms with Crippen LogP contribution in [0.15, 0.2) is 18.2 Å². The number of fused-ring (bicyclic) bond motifs is 1. The van der Waals surface area contributed by atoms with Crippen molar-refractivity contribution in [2.45, 2.75) is 31.8 Å². The summed E-state index contributed by atoms with van der Waals surface area (Å²) >= 11 is 0. The van der Waals surface area contributed by atoms with E-state index in [9.17, 15) is 5.11 Å². The number of ether oxygens (including phenoxy) is 1. The van der Waals surface area contributed by atoms with Crippen LogP contribution in [0, 0.1) is 0 Å². The smallest absolute Gasteiger partial charge is 0.122 e. The summed E-state index contributed by atoms with van der Waals surface area (Å²) in [6.45, 7) is 1.77. The van der Waals surface area contributed by atoms with Gasteiger partial charge < -0.3 is 14.9 Å². The molecule has 0 aliphatic carbocycles. The quantitative estimate of drug-likeness (QED) is 0.811. The molecule has 1 aromatic rings. The molecule has 0 aromatic heterocycles. The van der Waals surface area contributed by atoms with Crippen LogP contribution in [-0.4, -0.2) is 48.0 Å². The lowest BCUT2D eigenvalue weighted by Crippen LogP contribution is -2.35. The molecule has 2 rings (SSSR count). The van der Waals surface area contributed by atoms with Crippen LogP contribution in [0.2, 0.25) is 0 Å². The van der Waals surface area contributed by atoms with Crippen LogP contribution in [0.1, 0.15) is 24.0 Å². The maximum absolute atomic E-state index is 9.32. The van der Waals surface area contributed by atoms with Crippen molar-refractivity contribution in [1.82, 2.24) is 4.90 Å². The summed E-state index contributed by atoms with van der Waals surface area (Å²) in [4.78, 5) is 2.08. The molecule has 0 fully saturated rings. The maximum atomic E-state index is 9.32. The first-order valence-corrected chi connectivity index (χ1v) is 6.91. The van der Waals surface area contributed by atoms with Crippen molar-refractivity contribution in [2.24, 2.45) is 0 Å². The van der Waals surface area contributed by atoms with E-state index in [4.69, 9.17) is 9.84 Å². The maximum Gasteiger partial charge on any atom is 0.122 e. The van der Waals surface area contributed by atoms with Crippen molar-refractivity contribution in [1.29, 1.82) is 0 Å². The lowest BCUT2D eigenvalue weighted by atomic mass is 10.0. The lowest BCUT2D eigenvalue weighted by molar-refractivity contribution is 0.115. The van der Waals surface area contributed by atoms with Crippen molar-refractivity contribution < 1.29 is 14.9 Å². The van der Waals surface area contributed by atoms with Crippen LogP contribution >= 0.6 is 0 Å². The Balaban J connectivity index is 2.02. The van der Waals surface area contributed by atoms with Crippen LogP contribution in [0.4, 0.5) is 0 Å². The molecule has 1 unspecified atom stereocenters. The minimum absolute atomic E-state index is 0.0114. The molecule has 0 amide bonds. The fourth-order valence-corrected chi connectivity index (χ4v) is 2.53. The first kappa shape index (κ1) is 14.3. The average Bonchev–Trinajstić information content (AvgIpc) is 2.44. The topological polar surface area (TPSA) is 52.9 Å². The van der Waals surface area contributed by atoms with Gasteiger partial charge >= 0.3 is 0 Å². The molecular formula is C15H23NO3. The normalized spacial score (nSPS) is 16.0. The molecule has 1 aliphatic heterocycles. The third-order valence-electron chi connectivity index (χ3n) is 3.70. The number of likely N-dealkylation sites (N-methyl/N-ethyl adjacent to an activating group) is 1. The molecule has 0 spiro atoms. The number of aryl methyl sites for hydroxylation is 1. The second-order valence-corrected chi connectivity index (χ2v) is 5.16. The predicted molar refractivity (Wildman–Crippen MR) is 74.3 cm³/mol. The van der Waals surface area contributed by atoms with Gasteiger partial charge in [-0.2, -0.15) is 0 Å². The fraction of sp³-hybridized carbons (Fsp3) is 0.600. The van der Waals surface area contributed by atoms with E-state index in [0.717, 1.165) is 31.7 Å². The third kappa shape index (κ3) is 3.69. The lowest BCUT2D eigenvalue weighted by Gasteiger charge is -2.26. The zero-order valence-corrected chi connectivity index (χ0v) is 11.5. The van der Waals surface area contributed by atoms with Crippen LogP contribution in [0.25, 0.3) is 0 Å². The highest BCUT2D eigenvalue weighted by Gasteiger charge is 2.15. The van der Waals surface area contributed by atoms with Crippen LogP contribution < -0.4 is 4.74 Å². The highest BCUT2D eigenvalue weighted by Crippen LogP contribution is 2.26. The van der Waals surface area contributed by atoms with Crippen LogP contribution in [0.5, 0.6) is 5.75 Å². The van der Waals surface area contributed by atoms with E-state index in [1.165, 1.54) is 11.1 Å². The Morgan fingerprint density at radius 2 is 2.21 bits per heavy atom. The highest BCUT2D eigenvalue weighted by atomic mass is 16.5. The summed E-state index contributed by atoms with van der Waals surface area (Å²) < 4.78 is 5.60. The van der Waals surface area contributed by atoms with Gasteiger partial charge in [-0.1, -0.05) is 12.1 Å². The van der Waals surface area contributed by atoms with Gasteiger partial charge in [0.05, 0.1) is 13.2 Å². The molecule has 1 heterocycles. The van der Waals surface area contributed by atoms with Gasteiger partial charge in [-0.25, -0.2) is 0 Å². The van der Waals surface area contributed by atoms with E-state index < -0.39 is 0 Å². The van der Waals surface area contributed by atoms with Crippen LogP contribution in [-0.2, 0) is 13.0 Å². The molecule has 0 saturated heterocycles. The Labute approximate surface area is 114 Å². The van der Waals surface area contributed by atoms with Gasteiger partial charge in [-0.05, 0) is 43.5 Å². The fourth-order valence-electron chi connectivity index (χ4n) is 2.53. The summed E-state index contributed by atoms with van der Waals surface area (Å²) in [5.41, 5.74) is 2.50. The zero-order valence-electron chi connectivity index (χ0n) is 11.5. The van der Waals surface area contributed by atoms with Crippen molar-refractivity contribution in [2.75, 3.05) is 26.9 Å². The molecule has 0 saturated carbocycles. The largest absolute Gasteiger partial charge is 0.493 e. The van der Waals surface area contributed by atoms with E-state index in [1.54, 1.807) is 0 Å². The summed E-state index contributed by atoms with van der Waals surface area (Å²) in [5, 5.41) is 18.3. The Morgan fingerprint density at radius 3 is 2.95 bits per heavy atom. The van der Waals surface area contributed by atoms with Crippen LogP contribution in [0.3, 0.4) is 0 Å². The van der Waals surface area contributed by atoms with Crippen molar-refractivity contribution in [3.05, 3.63) is 29.3 Å². The Hall–Kier alpha value is -1.10. The molecule has 4 nitrogen and oxygen atoms in total. The minimum Gasteiger partial charge on any atom is -0.493 e. The number of nitrogens with zero attached hydrogens (tertiary/aromatic N) is 1. The zero-order chi connectivity index (χ0) is 13.7. The number of hydrogen-bond acceptors (Lipinski definition) is 4. The van der Waals surface area contributed by atoms with E-state index in [1.807, 2.05) is 13.1 Å². The van der Waals surface area contributed by atoms with Crippen molar-refractivity contribution in [3.8, 4) is 5.75 Å². The number of aliphatic hydroxyl groups is 2. The van der Waals surface area contributed by atoms with Gasteiger partial charge in [-0.3, -0.25) is 4.90 Å². The second kappa shape index (κ2) is 6.89. The van der Waals surface area contributed by atoms with Crippen molar-refractivity contribution in [3.63, 3.8) is 0 Å². The Bertz CT molecular complexity index is 408. The summed E-state index contributed by atoms with van der Waals surface area (Å²) in [6.07, 6.45) is 2.75. The molecule has 0 radical (unpaired) electrons. The minimum atomic E-state index is 0.0114. The molecule has 0 bridgehead atoms. The first-order valence-electron chi connectivity index (χ1n) is 6.91. The number of aliphatic hydroxyl groups excluding tert-OH is 2. The molecule has 106 valence electrons. The van der Waals surface area contributed by atoms with E-state index in [2.05, 4.69) is 17.0 Å². The van der Waals surface area contributed by atoms with E-state index in [0.29, 0.717) is 6.42 Å². The predicted octanol–water partition coefficient (Wildman–Crippen LogP) is 1.19. The van der Waals surface area contributed by atoms with E-state index >= 15 is 0 Å².